The minimum atomic E-state index is -0.308. The topological polar surface area (TPSA) is 46.2 Å². The third-order valence-electron chi connectivity index (χ3n) is 3.61. The van der Waals surface area contributed by atoms with Crippen LogP contribution in [-0.4, -0.2) is 5.11 Å². The Bertz CT molecular complexity index is 340. The third-order valence-corrected chi connectivity index (χ3v) is 3.61. The predicted octanol–water partition coefficient (Wildman–Crippen LogP) is 2.76. The summed E-state index contributed by atoms with van der Waals surface area (Å²) in [6.07, 6.45) is 4.27. The maximum Gasteiger partial charge on any atom is 0.120 e. The van der Waals surface area contributed by atoms with E-state index >= 15 is 0 Å². The van der Waals surface area contributed by atoms with Crippen molar-refractivity contribution in [3.05, 3.63) is 29.8 Å². The van der Waals surface area contributed by atoms with Crippen LogP contribution in [0.4, 0.5) is 0 Å². The molecule has 2 heteroatoms. The highest BCUT2D eigenvalue weighted by Gasteiger charge is 2.33. The van der Waals surface area contributed by atoms with E-state index in [-0.39, 0.29) is 5.54 Å². The molecule has 1 saturated carbocycles. The van der Waals surface area contributed by atoms with Crippen LogP contribution in [-0.2, 0) is 5.54 Å². The Kier molecular flexibility index (Phi) is 2.70. The van der Waals surface area contributed by atoms with Crippen molar-refractivity contribution in [2.45, 2.75) is 38.1 Å². The summed E-state index contributed by atoms with van der Waals surface area (Å²) in [6.45, 7) is 2.27. The van der Waals surface area contributed by atoms with Gasteiger partial charge in [0.15, 0.2) is 0 Å². The lowest BCUT2D eigenvalue weighted by Gasteiger charge is -2.36. The molecule has 1 fully saturated rings. The van der Waals surface area contributed by atoms with Crippen molar-refractivity contribution in [2.75, 3.05) is 0 Å². The summed E-state index contributed by atoms with van der Waals surface area (Å²) < 4.78 is 0. The molecule has 0 saturated heterocycles. The van der Waals surface area contributed by atoms with Crippen LogP contribution in [0.2, 0.25) is 0 Å². The zero-order chi connectivity index (χ0) is 10.9. The average molecular weight is 205 g/mol. The van der Waals surface area contributed by atoms with Gasteiger partial charge < -0.3 is 10.8 Å². The van der Waals surface area contributed by atoms with E-state index in [1.54, 1.807) is 6.07 Å². The molecule has 0 aromatic heterocycles. The number of nitrogens with two attached hydrogens (primary N) is 1. The summed E-state index contributed by atoms with van der Waals surface area (Å²) in [5, 5.41) is 9.81. The molecule has 1 aliphatic carbocycles. The van der Waals surface area contributed by atoms with Crippen molar-refractivity contribution >= 4 is 0 Å². The standard InChI is InChI=1S/C13H19NO/c1-10-6-8-13(14,9-7-10)11-4-2-3-5-12(11)15/h2-5,10,15H,6-9,14H2,1H3. The van der Waals surface area contributed by atoms with Crippen molar-refractivity contribution < 1.29 is 5.11 Å². The van der Waals surface area contributed by atoms with E-state index in [2.05, 4.69) is 6.92 Å². The number of phenolic OH excluding ortho intramolecular Hbond substituents is 1. The van der Waals surface area contributed by atoms with Crippen LogP contribution in [0.25, 0.3) is 0 Å². The van der Waals surface area contributed by atoms with Gasteiger partial charge in [-0.15, -0.1) is 0 Å². The minimum absolute atomic E-state index is 0.308. The summed E-state index contributed by atoms with van der Waals surface area (Å²) in [6, 6.07) is 7.46. The van der Waals surface area contributed by atoms with E-state index in [1.165, 1.54) is 0 Å². The smallest absolute Gasteiger partial charge is 0.120 e. The van der Waals surface area contributed by atoms with E-state index in [4.69, 9.17) is 5.73 Å². The summed E-state index contributed by atoms with van der Waals surface area (Å²) >= 11 is 0. The van der Waals surface area contributed by atoms with Crippen LogP contribution in [0.1, 0.15) is 38.2 Å². The predicted molar refractivity (Wildman–Crippen MR) is 61.6 cm³/mol. The Labute approximate surface area is 91.1 Å². The first kappa shape index (κ1) is 10.5. The van der Waals surface area contributed by atoms with Gasteiger partial charge in [-0.1, -0.05) is 25.1 Å². The van der Waals surface area contributed by atoms with E-state index in [1.807, 2.05) is 18.2 Å². The summed E-state index contributed by atoms with van der Waals surface area (Å²) in [5.41, 5.74) is 6.99. The quantitative estimate of drug-likeness (QED) is 0.740. The fraction of sp³-hybridized carbons (Fsp3) is 0.538. The molecule has 3 N–H and O–H groups in total. The van der Waals surface area contributed by atoms with Crippen LogP contribution in [0.3, 0.4) is 0 Å². The molecule has 0 atom stereocenters. The van der Waals surface area contributed by atoms with Gasteiger partial charge in [0.05, 0.1) is 0 Å². The second-order valence-electron chi connectivity index (χ2n) is 4.86. The maximum absolute atomic E-state index is 9.81. The first-order valence-electron chi connectivity index (χ1n) is 5.69. The van der Waals surface area contributed by atoms with Gasteiger partial charge in [-0.05, 0) is 37.7 Å². The Morgan fingerprint density at radius 1 is 1.27 bits per heavy atom. The second-order valence-corrected chi connectivity index (χ2v) is 4.86. The van der Waals surface area contributed by atoms with Crippen LogP contribution in [0.15, 0.2) is 24.3 Å². The number of hydrogen-bond acceptors (Lipinski definition) is 2. The van der Waals surface area contributed by atoms with Crippen LogP contribution in [0, 0.1) is 5.92 Å². The van der Waals surface area contributed by atoms with Crippen molar-refractivity contribution in [1.29, 1.82) is 0 Å². The molecule has 0 spiro atoms. The van der Waals surface area contributed by atoms with Gasteiger partial charge in [0.1, 0.15) is 5.75 Å². The van der Waals surface area contributed by atoms with Gasteiger partial charge in [0.2, 0.25) is 0 Å². The lowest BCUT2D eigenvalue weighted by atomic mass is 9.74. The number of aromatic hydroxyl groups is 1. The highest BCUT2D eigenvalue weighted by atomic mass is 16.3. The largest absolute Gasteiger partial charge is 0.508 e. The molecule has 0 radical (unpaired) electrons. The van der Waals surface area contributed by atoms with Crippen molar-refractivity contribution in [1.82, 2.24) is 0 Å². The zero-order valence-corrected chi connectivity index (χ0v) is 9.24. The molecule has 0 unspecified atom stereocenters. The summed E-state index contributed by atoms with van der Waals surface area (Å²) in [5.74, 6) is 1.11. The van der Waals surface area contributed by atoms with E-state index in [0.29, 0.717) is 5.75 Å². The molecule has 1 aliphatic rings. The monoisotopic (exact) mass is 205 g/mol. The first-order chi connectivity index (χ1) is 7.12. The minimum Gasteiger partial charge on any atom is -0.508 e. The van der Waals surface area contributed by atoms with Gasteiger partial charge in [-0.2, -0.15) is 0 Å². The van der Waals surface area contributed by atoms with Crippen LogP contribution in [0.5, 0.6) is 5.75 Å². The first-order valence-corrected chi connectivity index (χ1v) is 5.69. The summed E-state index contributed by atoms with van der Waals surface area (Å²) in [4.78, 5) is 0. The number of rotatable bonds is 1. The highest BCUT2D eigenvalue weighted by Crippen LogP contribution is 2.40. The van der Waals surface area contributed by atoms with E-state index in [0.717, 1.165) is 37.2 Å². The number of para-hydroxylation sites is 1. The summed E-state index contributed by atoms with van der Waals surface area (Å²) in [7, 11) is 0. The second kappa shape index (κ2) is 3.86. The van der Waals surface area contributed by atoms with E-state index < -0.39 is 0 Å². The Morgan fingerprint density at radius 3 is 2.47 bits per heavy atom. The fourth-order valence-corrected chi connectivity index (χ4v) is 2.44. The molecule has 1 aromatic carbocycles. The van der Waals surface area contributed by atoms with Gasteiger partial charge in [0, 0.05) is 11.1 Å². The van der Waals surface area contributed by atoms with Gasteiger partial charge >= 0.3 is 0 Å². The molecular weight excluding hydrogens is 186 g/mol. The van der Waals surface area contributed by atoms with Gasteiger partial charge in [-0.3, -0.25) is 0 Å². The van der Waals surface area contributed by atoms with Crippen LogP contribution < -0.4 is 5.73 Å². The number of hydrogen-bond donors (Lipinski definition) is 2. The normalized spacial score (nSPS) is 31.5. The average Bonchev–Trinajstić information content (AvgIpc) is 2.23. The number of phenols is 1. The Balaban J connectivity index is 2.26. The molecule has 2 rings (SSSR count). The molecule has 15 heavy (non-hydrogen) atoms. The highest BCUT2D eigenvalue weighted by molar-refractivity contribution is 5.38. The van der Waals surface area contributed by atoms with E-state index in [9.17, 15) is 5.11 Å². The molecule has 0 aliphatic heterocycles. The van der Waals surface area contributed by atoms with Crippen molar-refractivity contribution in [3.8, 4) is 5.75 Å². The number of benzene rings is 1. The fourth-order valence-electron chi connectivity index (χ4n) is 2.44. The lowest BCUT2D eigenvalue weighted by Crippen LogP contribution is -2.40. The van der Waals surface area contributed by atoms with Crippen molar-refractivity contribution in [2.24, 2.45) is 11.7 Å². The Hall–Kier alpha value is -1.02. The third kappa shape index (κ3) is 2.00. The van der Waals surface area contributed by atoms with Gasteiger partial charge in [-0.25, -0.2) is 0 Å². The SMILES string of the molecule is CC1CCC(N)(c2ccccc2O)CC1. The molecule has 2 nitrogen and oxygen atoms in total. The molecule has 0 heterocycles. The lowest BCUT2D eigenvalue weighted by molar-refractivity contribution is 0.242. The van der Waals surface area contributed by atoms with Gasteiger partial charge in [0.25, 0.3) is 0 Å². The maximum atomic E-state index is 9.81. The molecule has 1 aromatic rings. The van der Waals surface area contributed by atoms with Crippen molar-refractivity contribution in [3.63, 3.8) is 0 Å². The molecule has 0 bridgehead atoms. The zero-order valence-electron chi connectivity index (χ0n) is 9.24. The Morgan fingerprint density at radius 2 is 1.87 bits per heavy atom. The van der Waals surface area contributed by atoms with Crippen LogP contribution >= 0.6 is 0 Å². The molecular formula is C13H19NO. The molecule has 82 valence electrons. The molecule has 0 amide bonds.